The number of aliphatic hydroxyl groups is 1. The topological polar surface area (TPSA) is 72.8 Å². The van der Waals surface area contributed by atoms with Gasteiger partial charge in [-0.05, 0) is 5.56 Å². The average Bonchev–Trinajstić information content (AvgIpc) is 2.74. The van der Waals surface area contributed by atoms with Crippen molar-refractivity contribution in [2.24, 2.45) is 0 Å². The van der Waals surface area contributed by atoms with Gasteiger partial charge in [0, 0.05) is 19.1 Å². The van der Waals surface area contributed by atoms with Crippen molar-refractivity contribution in [1.82, 2.24) is 0 Å². The second-order valence-corrected chi connectivity index (χ2v) is 4.43. The fourth-order valence-corrected chi connectivity index (χ4v) is 2.16. The summed E-state index contributed by atoms with van der Waals surface area (Å²) in [7, 11) is 1.49. The maximum Gasteiger partial charge on any atom is 0.342 e. The number of rotatable bonds is 5. The molecule has 1 aliphatic carbocycles. The second-order valence-electron chi connectivity index (χ2n) is 4.43. The number of ether oxygens (including phenoxy) is 2. The Bertz CT molecular complexity index is 532. The van der Waals surface area contributed by atoms with Crippen LogP contribution in [0.4, 0.5) is 0 Å². The van der Waals surface area contributed by atoms with Crippen LogP contribution in [0.15, 0.2) is 35.9 Å². The zero-order chi connectivity index (χ0) is 14.5. The minimum atomic E-state index is -0.963. The van der Waals surface area contributed by atoms with E-state index in [1.54, 1.807) is 24.3 Å². The number of hydrogen-bond donors (Lipinski definition) is 1. The third-order valence-electron chi connectivity index (χ3n) is 3.07. The van der Waals surface area contributed by atoms with E-state index in [0.29, 0.717) is 11.1 Å². The third kappa shape index (κ3) is 2.95. The van der Waals surface area contributed by atoms with Crippen LogP contribution in [0.5, 0.6) is 0 Å². The van der Waals surface area contributed by atoms with Crippen molar-refractivity contribution < 1.29 is 24.2 Å². The Morgan fingerprint density at radius 2 is 2.00 bits per heavy atom. The number of esters is 1. The van der Waals surface area contributed by atoms with Crippen molar-refractivity contribution >= 4 is 17.3 Å². The Kier molecular flexibility index (Phi) is 4.65. The molecule has 5 nitrogen and oxygen atoms in total. The van der Waals surface area contributed by atoms with Crippen LogP contribution in [0.1, 0.15) is 12.0 Å². The molecule has 0 bridgehead atoms. The average molecular weight is 276 g/mol. The number of methoxy groups -OCH3 is 1. The molecule has 1 atom stereocenters. The molecule has 1 aliphatic rings. The smallest absolute Gasteiger partial charge is 0.342 e. The number of carbonyl (C=O) groups is 2. The first-order chi connectivity index (χ1) is 9.65. The summed E-state index contributed by atoms with van der Waals surface area (Å²) >= 11 is 0. The van der Waals surface area contributed by atoms with Gasteiger partial charge in [-0.1, -0.05) is 30.3 Å². The maximum absolute atomic E-state index is 12.0. The van der Waals surface area contributed by atoms with Gasteiger partial charge in [0.1, 0.15) is 12.2 Å². The van der Waals surface area contributed by atoms with Gasteiger partial charge in [-0.2, -0.15) is 0 Å². The molecule has 0 aromatic heterocycles. The molecular weight excluding hydrogens is 260 g/mol. The Labute approximate surface area is 116 Å². The molecule has 1 aromatic rings. The summed E-state index contributed by atoms with van der Waals surface area (Å²) in [5.74, 6) is -1.10. The molecule has 1 unspecified atom stereocenters. The number of ketones is 1. The van der Waals surface area contributed by atoms with E-state index in [-0.39, 0.29) is 25.2 Å². The van der Waals surface area contributed by atoms with Gasteiger partial charge < -0.3 is 14.6 Å². The summed E-state index contributed by atoms with van der Waals surface area (Å²) in [6.07, 6.45) is -1.05. The van der Waals surface area contributed by atoms with Crippen LogP contribution in [-0.2, 0) is 19.1 Å². The highest BCUT2D eigenvalue weighted by Crippen LogP contribution is 2.32. The molecule has 20 heavy (non-hydrogen) atoms. The minimum Gasteiger partial charge on any atom is -0.460 e. The highest BCUT2D eigenvalue weighted by Gasteiger charge is 2.36. The Balaban J connectivity index is 2.31. The second kappa shape index (κ2) is 6.45. The predicted octanol–water partition coefficient (Wildman–Crippen LogP) is 0.964. The zero-order valence-corrected chi connectivity index (χ0v) is 11.2. The summed E-state index contributed by atoms with van der Waals surface area (Å²) in [5.41, 5.74) is 0.947. The van der Waals surface area contributed by atoms with Crippen LogP contribution in [0, 0.1) is 0 Å². The predicted molar refractivity (Wildman–Crippen MR) is 71.8 cm³/mol. The lowest BCUT2D eigenvalue weighted by atomic mass is 10.0. The van der Waals surface area contributed by atoms with Crippen LogP contribution in [0.2, 0.25) is 0 Å². The molecule has 1 N–H and O–H groups in total. The molecular formula is C15H16O5. The summed E-state index contributed by atoms with van der Waals surface area (Å²) < 4.78 is 9.77. The summed E-state index contributed by atoms with van der Waals surface area (Å²) in [4.78, 5) is 23.9. The quantitative estimate of drug-likeness (QED) is 0.493. The molecule has 0 radical (unpaired) electrons. The monoisotopic (exact) mass is 276 g/mol. The normalized spacial score (nSPS) is 18.5. The van der Waals surface area contributed by atoms with Gasteiger partial charge in [-0.25, -0.2) is 4.79 Å². The van der Waals surface area contributed by atoms with E-state index in [9.17, 15) is 14.7 Å². The standard InChI is InChI=1S/C15H16O5/c1-19-7-8-20-15(18)14-12(17)9-11(16)13(14)10-5-3-2-4-6-10/h2-6,11,16H,7-9H2,1H3. The first kappa shape index (κ1) is 14.4. The van der Waals surface area contributed by atoms with Gasteiger partial charge in [0.05, 0.1) is 12.7 Å². The largest absolute Gasteiger partial charge is 0.460 e. The molecule has 5 heteroatoms. The van der Waals surface area contributed by atoms with Gasteiger partial charge in [-0.15, -0.1) is 0 Å². The van der Waals surface area contributed by atoms with Crippen LogP contribution in [0.3, 0.4) is 0 Å². The molecule has 0 saturated carbocycles. The van der Waals surface area contributed by atoms with Gasteiger partial charge in [0.2, 0.25) is 0 Å². The lowest BCUT2D eigenvalue weighted by Gasteiger charge is -2.10. The van der Waals surface area contributed by atoms with Crippen LogP contribution in [0.25, 0.3) is 5.57 Å². The number of Topliss-reactive ketones (excluding diaryl/α,β-unsaturated/α-hetero) is 1. The first-order valence-corrected chi connectivity index (χ1v) is 6.32. The van der Waals surface area contributed by atoms with Crippen molar-refractivity contribution in [3.8, 4) is 0 Å². The summed E-state index contributed by atoms with van der Waals surface area (Å²) in [6.45, 7) is 0.334. The van der Waals surface area contributed by atoms with E-state index in [4.69, 9.17) is 9.47 Å². The molecule has 0 aliphatic heterocycles. The molecule has 0 amide bonds. The third-order valence-corrected chi connectivity index (χ3v) is 3.07. The van der Waals surface area contributed by atoms with Crippen molar-refractivity contribution in [1.29, 1.82) is 0 Å². The maximum atomic E-state index is 12.0. The fourth-order valence-electron chi connectivity index (χ4n) is 2.16. The van der Waals surface area contributed by atoms with E-state index in [1.807, 2.05) is 6.07 Å². The Morgan fingerprint density at radius 3 is 2.65 bits per heavy atom. The summed E-state index contributed by atoms with van der Waals surface area (Å²) in [6, 6.07) is 8.89. The van der Waals surface area contributed by atoms with E-state index in [2.05, 4.69) is 0 Å². The molecule has 0 spiro atoms. The molecule has 1 aromatic carbocycles. The SMILES string of the molecule is COCCOC(=O)C1=C(c2ccccc2)C(O)CC1=O. The lowest BCUT2D eigenvalue weighted by Crippen LogP contribution is -2.16. The molecule has 0 fully saturated rings. The van der Waals surface area contributed by atoms with Gasteiger partial charge in [0.15, 0.2) is 5.78 Å². The Hall–Kier alpha value is -1.98. The summed E-state index contributed by atoms with van der Waals surface area (Å²) in [5, 5.41) is 9.99. The fraction of sp³-hybridized carbons (Fsp3) is 0.333. The molecule has 0 heterocycles. The number of benzene rings is 1. The van der Waals surface area contributed by atoms with Crippen molar-refractivity contribution in [2.75, 3.05) is 20.3 Å². The first-order valence-electron chi connectivity index (χ1n) is 6.32. The van der Waals surface area contributed by atoms with Gasteiger partial charge in [0.25, 0.3) is 0 Å². The van der Waals surface area contributed by atoms with E-state index >= 15 is 0 Å². The Morgan fingerprint density at radius 1 is 1.30 bits per heavy atom. The van der Waals surface area contributed by atoms with Crippen LogP contribution < -0.4 is 0 Å². The van der Waals surface area contributed by atoms with Crippen molar-refractivity contribution in [2.45, 2.75) is 12.5 Å². The van der Waals surface area contributed by atoms with E-state index in [0.717, 1.165) is 0 Å². The lowest BCUT2D eigenvalue weighted by molar-refractivity contribution is -0.141. The number of hydrogen-bond acceptors (Lipinski definition) is 5. The van der Waals surface area contributed by atoms with E-state index < -0.39 is 17.9 Å². The molecule has 106 valence electrons. The molecule has 0 saturated heterocycles. The number of aliphatic hydroxyl groups excluding tert-OH is 1. The van der Waals surface area contributed by atoms with E-state index in [1.165, 1.54) is 7.11 Å². The van der Waals surface area contributed by atoms with Crippen LogP contribution >= 0.6 is 0 Å². The highest BCUT2D eigenvalue weighted by atomic mass is 16.6. The zero-order valence-electron chi connectivity index (χ0n) is 11.2. The van der Waals surface area contributed by atoms with Crippen molar-refractivity contribution in [3.63, 3.8) is 0 Å². The molecule has 2 rings (SSSR count). The van der Waals surface area contributed by atoms with Gasteiger partial charge in [-0.3, -0.25) is 4.79 Å². The van der Waals surface area contributed by atoms with Crippen molar-refractivity contribution in [3.05, 3.63) is 41.5 Å². The van der Waals surface area contributed by atoms with Gasteiger partial charge >= 0.3 is 5.97 Å². The van der Waals surface area contributed by atoms with Crippen LogP contribution in [-0.4, -0.2) is 43.3 Å². The minimum absolute atomic E-state index is 0.0557. The highest BCUT2D eigenvalue weighted by molar-refractivity contribution is 6.26. The number of carbonyl (C=O) groups excluding carboxylic acids is 2.